The molecule has 182 valence electrons. The average Bonchev–Trinajstić information content (AvgIpc) is 3.06. The minimum Gasteiger partial charge on any atom is -0.491 e. The first-order chi connectivity index (χ1) is 16.8. The van der Waals surface area contributed by atoms with Gasteiger partial charge in [-0.15, -0.1) is 0 Å². The predicted molar refractivity (Wildman–Crippen MR) is 135 cm³/mol. The van der Waals surface area contributed by atoms with Crippen molar-refractivity contribution in [2.45, 2.75) is 40.3 Å². The Morgan fingerprint density at radius 1 is 1.00 bits per heavy atom. The fourth-order valence-electron chi connectivity index (χ4n) is 4.16. The maximum atomic E-state index is 13.2. The molecule has 6 heteroatoms. The third kappa shape index (κ3) is 6.07. The van der Waals surface area contributed by atoms with Crippen LogP contribution in [-0.4, -0.2) is 29.9 Å². The molecule has 1 aliphatic heterocycles. The first kappa shape index (κ1) is 24.5. The molecule has 0 atom stereocenters. The molecular formula is C29H31FN2O3. The fourth-order valence-corrected chi connectivity index (χ4v) is 4.16. The summed E-state index contributed by atoms with van der Waals surface area (Å²) in [5, 5.41) is 0. The van der Waals surface area contributed by atoms with E-state index in [4.69, 9.17) is 4.74 Å². The molecule has 3 aromatic rings. The van der Waals surface area contributed by atoms with Crippen molar-refractivity contribution in [3.63, 3.8) is 0 Å². The van der Waals surface area contributed by atoms with Gasteiger partial charge in [-0.1, -0.05) is 49.7 Å². The number of amides is 2. The number of halogens is 1. The van der Waals surface area contributed by atoms with Crippen LogP contribution in [0.1, 0.15) is 36.1 Å². The summed E-state index contributed by atoms with van der Waals surface area (Å²) < 4.78 is 19.1. The molecule has 5 nitrogen and oxygen atoms in total. The number of carbonyl (C=O) groups excluding carboxylic acids is 2. The number of hydrogen-bond donors (Lipinski definition) is 0. The summed E-state index contributed by atoms with van der Waals surface area (Å²) in [5.74, 6) is 0.315. The number of ether oxygens (including phenoxy) is 1. The number of anilines is 1. The van der Waals surface area contributed by atoms with E-state index in [1.165, 1.54) is 12.1 Å². The van der Waals surface area contributed by atoms with Gasteiger partial charge in [-0.05, 0) is 54.4 Å². The van der Waals surface area contributed by atoms with Crippen LogP contribution in [0.25, 0.3) is 0 Å². The number of benzene rings is 3. The quantitative estimate of drug-likeness (QED) is 0.488. The summed E-state index contributed by atoms with van der Waals surface area (Å²) in [6.45, 7) is 7.56. The molecule has 4 rings (SSSR count). The van der Waals surface area contributed by atoms with E-state index in [0.29, 0.717) is 26.2 Å². The molecule has 0 spiro atoms. The number of aryl methyl sites for hydroxylation is 1. The first-order valence-electron chi connectivity index (χ1n) is 11.9. The Kier molecular flexibility index (Phi) is 7.49. The van der Waals surface area contributed by atoms with Crippen LogP contribution < -0.4 is 9.64 Å². The molecule has 0 bridgehead atoms. The van der Waals surface area contributed by atoms with Gasteiger partial charge in [-0.25, -0.2) is 4.39 Å². The standard InChI is InChI=1S/C29H31FN2O3/c1-20(2)29(34)32(26-11-4-21(3)5-12-26)18-23-8-13-27-24(16-23)19-31(14-15-35-27)28(33)17-22-6-9-25(30)10-7-22/h4-13,16,20H,14-15,17-19H2,1-3H3. The maximum Gasteiger partial charge on any atom is 0.229 e. The van der Waals surface area contributed by atoms with Crippen molar-refractivity contribution in [1.82, 2.24) is 4.90 Å². The van der Waals surface area contributed by atoms with E-state index >= 15 is 0 Å². The van der Waals surface area contributed by atoms with Gasteiger partial charge >= 0.3 is 0 Å². The molecule has 0 radical (unpaired) electrons. The highest BCUT2D eigenvalue weighted by atomic mass is 19.1. The zero-order valence-corrected chi connectivity index (χ0v) is 20.5. The lowest BCUT2D eigenvalue weighted by atomic mass is 10.1. The van der Waals surface area contributed by atoms with Crippen molar-refractivity contribution in [2.24, 2.45) is 5.92 Å². The largest absolute Gasteiger partial charge is 0.491 e. The minimum absolute atomic E-state index is 0.0327. The van der Waals surface area contributed by atoms with Crippen LogP contribution in [0.5, 0.6) is 5.75 Å². The van der Waals surface area contributed by atoms with Gasteiger partial charge in [0, 0.05) is 23.7 Å². The SMILES string of the molecule is Cc1ccc(N(Cc2ccc3c(c2)CN(C(=O)Cc2ccc(F)cc2)CCO3)C(=O)C(C)C)cc1. The second-order valence-electron chi connectivity index (χ2n) is 9.32. The first-order valence-corrected chi connectivity index (χ1v) is 11.9. The Morgan fingerprint density at radius 3 is 2.37 bits per heavy atom. The summed E-state index contributed by atoms with van der Waals surface area (Å²) in [4.78, 5) is 29.6. The molecule has 0 unspecified atom stereocenters. The lowest BCUT2D eigenvalue weighted by Gasteiger charge is -2.26. The van der Waals surface area contributed by atoms with Crippen molar-refractivity contribution in [3.05, 3.63) is 94.8 Å². The highest BCUT2D eigenvalue weighted by molar-refractivity contribution is 5.94. The fraction of sp³-hybridized carbons (Fsp3) is 0.310. The van der Waals surface area contributed by atoms with E-state index < -0.39 is 0 Å². The van der Waals surface area contributed by atoms with Crippen molar-refractivity contribution in [2.75, 3.05) is 18.1 Å². The molecule has 0 N–H and O–H groups in total. The van der Waals surface area contributed by atoms with Gasteiger partial charge in [0.2, 0.25) is 11.8 Å². The maximum absolute atomic E-state index is 13.2. The van der Waals surface area contributed by atoms with Crippen LogP contribution in [0.15, 0.2) is 66.7 Å². The summed E-state index contributed by atoms with van der Waals surface area (Å²) >= 11 is 0. The Hall–Kier alpha value is -3.67. The summed E-state index contributed by atoms with van der Waals surface area (Å²) in [5.41, 5.74) is 4.65. The molecule has 2 amide bonds. The second kappa shape index (κ2) is 10.7. The van der Waals surface area contributed by atoms with Crippen molar-refractivity contribution in [3.8, 4) is 5.75 Å². The number of nitrogens with zero attached hydrogens (tertiary/aromatic N) is 2. The molecule has 0 saturated carbocycles. The van der Waals surface area contributed by atoms with E-state index in [1.54, 1.807) is 21.9 Å². The molecular weight excluding hydrogens is 443 g/mol. The molecule has 35 heavy (non-hydrogen) atoms. The summed E-state index contributed by atoms with van der Waals surface area (Å²) in [7, 11) is 0. The van der Waals surface area contributed by atoms with Crippen LogP contribution in [0, 0.1) is 18.7 Å². The van der Waals surface area contributed by atoms with E-state index in [-0.39, 0.29) is 30.0 Å². The summed E-state index contributed by atoms with van der Waals surface area (Å²) in [6, 6.07) is 19.9. The highest BCUT2D eigenvalue weighted by Crippen LogP contribution is 2.27. The Balaban J connectivity index is 1.54. The normalized spacial score (nSPS) is 13.1. The molecule has 0 saturated heterocycles. The highest BCUT2D eigenvalue weighted by Gasteiger charge is 2.23. The molecule has 1 heterocycles. The van der Waals surface area contributed by atoms with Gasteiger partial charge in [-0.2, -0.15) is 0 Å². The van der Waals surface area contributed by atoms with Gasteiger partial charge < -0.3 is 14.5 Å². The zero-order valence-electron chi connectivity index (χ0n) is 20.5. The van der Waals surface area contributed by atoms with Crippen molar-refractivity contribution >= 4 is 17.5 Å². The second-order valence-corrected chi connectivity index (χ2v) is 9.32. The Labute approximate surface area is 206 Å². The molecule has 0 aliphatic carbocycles. The van der Waals surface area contributed by atoms with Crippen LogP contribution >= 0.6 is 0 Å². The number of rotatable bonds is 6. The number of carbonyl (C=O) groups is 2. The van der Waals surface area contributed by atoms with Crippen LogP contribution in [0.4, 0.5) is 10.1 Å². The number of fused-ring (bicyclic) bond motifs is 1. The van der Waals surface area contributed by atoms with Gasteiger partial charge in [0.1, 0.15) is 18.2 Å². The lowest BCUT2D eigenvalue weighted by Crippen LogP contribution is -2.34. The van der Waals surface area contributed by atoms with Gasteiger partial charge in [0.25, 0.3) is 0 Å². The van der Waals surface area contributed by atoms with Gasteiger partial charge in [-0.3, -0.25) is 9.59 Å². The lowest BCUT2D eigenvalue weighted by molar-refractivity contribution is -0.131. The Morgan fingerprint density at radius 2 is 1.69 bits per heavy atom. The summed E-state index contributed by atoms with van der Waals surface area (Å²) in [6.07, 6.45) is 0.208. The predicted octanol–water partition coefficient (Wildman–Crippen LogP) is 5.29. The smallest absolute Gasteiger partial charge is 0.229 e. The van der Waals surface area contributed by atoms with Crippen LogP contribution in [0.2, 0.25) is 0 Å². The molecule has 3 aromatic carbocycles. The zero-order chi connectivity index (χ0) is 24.9. The third-order valence-electron chi connectivity index (χ3n) is 6.17. The molecule has 0 aromatic heterocycles. The Bertz CT molecular complexity index is 1190. The van der Waals surface area contributed by atoms with E-state index in [9.17, 15) is 14.0 Å². The van der Waals surface area contributed by atoms with E-state index in [0.717, 1.165) is 33.7 Å². The van der Waals surface area contributed by atoms with Crippen LogP contribution in [-0.2, 0) is 29.1 Å². The average molecular weight is 475 g/mol. The topological polar surface area (TPSA) is 49.9 Å². The van der Waals surface area contributed by atoms with Crippen LogP contribution in [0.3, 0.4) is 0 Å². The van der Waals surface area contributed by atoms with Crippen molar-refractivity contribution < 1.29 is 18.7 Å². The number of hydrogen-bond acceptors (Lipinski definition) is 3. The molecule has 1 aliphatic rings. The third-order valence-corrected chi connectivity index (χ3v) is 6.17. The molecule has 0 fully saturated rings. The van der Waals surface area contributed by atoms with E-state index in [2.05, 4.69) is 0 Å². The van der Waals surface area contributed by atoms with Gasteiger partial charge in [0.15, 0.2) is 0 Å². The minimum atomic E-state index is -0.318. The monoisotopic (exact) mass is 474 g/mol. The van der Waals surface area contributed by atoms with Gasteiger partial charge in [0.05, 0.1) is 19.5 Å². The van der Waals surface area contributed by atoms with E-state index in [1.807, 2.05) is 63.2 Å². The van der Waals surface area contributed by atoms with Crippen molar-refractivity contribution in [1.29, 1.82) is 0 Å².